The number of hydrogen-bond donors (Lipinski definition) is 1. The van der Waals surface area contributed by atoms with Crippen LogP contribution in [-0.2, 0) is 22.4 Å². The SMILES string of the molecule is COCC(=O)N1CCc2cc(OC)c(OC)cc2[C@H]1CCc1c[nH]c2ccccc12. The summed E-state index contributed by atoms with van der Waals surface area (Å²) in [6, 6.07) is 12.3. The largest absolute Gasteiger partial charge is 0.493 e. The fourth-order valence-corrected chi connectivity index (χ4v) is 4.48. The van der Waals surface area contributed by atoms with Crippen LogP contribution in [-0.4, -0.2) is 50.3 Å². The molecule has 1 aliphatic rings. The van der Waals surface area contributed by atoms with E-state index in [1.54, 1.807) is 21.3 Å². The molecule has 0 bridgehead atoms. The van der Waals surface area contributed by atoms with Gasteiger partial charge in [-0.3, -0.25) is 4.79 Å². The molecule has 0 unspecified atom stereocenters. The molecule has 2 heterocycles. The summed E-state index contributed by atoms with van der Waals surface area (Å²) in [4.78, 5) is 18.1. The van der Waals surface area contributed by atoms with E-state index in [0.29, 0.717) is 12.3 Å². The van der Waals surface area contributed by atoms with Gasteiger partial charge in [-0.15, -0.1) is 0 Å². The molecule has 0 saturated carbocycles. The van der Waals surface area contributed by atoms with E-state index in [9.17, 15) is 4.79 Å². The fourth-order valence-electron chi connectivity index (χ4n) is 4.48. The highest BCUT2D eigenvalue weighted by atomic mass is 16.5. The molecule has 30 heavy (non-hydrogen) atoms. The van der Waals surface area contributed by atoms with Crippen molar-refractivity contribution in [3.05, 3.63) is 59.3 Å². The van der Waals surface area contributed by atoms with Crippen LogP contribution >= 0.6 is 0 Å². The number of carbonyl (C=O) groups is 1. The number of hydrogen-bond acceptors (Lipinski definition) is 4. The van der Waals surface area contributed by atoms with Crippen molar-refractivity contribution in [2.45, 2.75) is 25.3 Å². The van der Waals surface area contributed by atoms with Crippen LogP contribution in [0.4, 0.5) is 0 Å². The standard InChI is InChI=1S/C24H28N2O4/c1-28-15-24(27)26-11-10-16-12-22(29-2)23(30-3)13-19(16)21(26)9-8-17-14-25-20-7-5-4-6-18(17)20/h4-7,12-14,21,25H,8-11,15H2,1-3H3/t21-/m1/s1. The number of fused-ring (bicyclic) bond motifs is 2. The highest BCUT2D eigenvalue weighted by molar-refractivity contribution is 5.83. The monoisotopic (exact) mass is 408 g/mol. The Hall–Kier alpha value is -2.99. The number of benzene rings is 2. The average molecular weight is 408 g/mol. The van der Waals surface area contributed by atoms with Crippen LogP contribution in [0.2, 0.25) is 0 Å². The van der Waals surface area contributed by atoms with E-state index in [1.165, 1.54) is 16.5 Å². The van der Waals surface area contributed by atoms with Gasteiger partial charge < -0.3 is 24.1 Å². The van der Waals surface area contributed by atoms with Crippen LogP contribution in [0.3, 0.4) is 0 Å². The van der Waals surface area contributed by atoms with E-state index in [-0.39, 0.29) is 18.6 Å². The van der Waals surface area contributed by atoms with Gasteiger partial charge in [-0.25, -0.2) is 0 Å². The summed E-state index contributed by atoms with van der Waals surface area (Å²) in [7, 11) is 4.85. The van der Waals surface area contributed by atoms with E-state index in [1.807, 2.05) is 23.1 Å². The summed E-state index contributed by atoms with van der Waals surface area (Å²) < 4.78 is 16.2. The quantitative estimate of drug-likeness (QED) is 0.644. The number of carbonyl (C=O) groups excluding carboxylic acids is 1. The Bertz CT molecular complexity index is 1040. The second-order valence-electron chi connectivity index (χ2n) is 7.59. The van der Waals surface area contributed by atoms with E-state index in [4.69, 9.17) is 14.2 Å². The number of nitrogens with zero attached hydrogens (tertiary/aromatic N) is 1. The maximum absolute atomic E-state index is 12.8. The van der Waals surface area contributed by atoms with Crippen molar-refractivity contribution in [1.82, 2.24) is 9.88 Å². The summed E-state index contributed by atoms with van der Waals surface area (Å²) in [6.45, 7) is 0.759. The van der Waals surface area contributed by atoms with E-state index in [2.05, 4.69) is 29.4 Å². The third-order valence-corrected chi connectivity index (χ3v) is 5.95. The van der Waals surface area contributed by atoms with Crippen LogP contribution in [0.5, 0.6) is 11.5 Å². The first-order chi connectivity index (χ1) is 14.7. The Balaban J connectivity index is 1.68. The molecule has 0 radical (unpaired) electrons. The molecule has 1 N–H and O–H groups in total. The predicted octanol–water partition coefficient (Wildman–Crippen LogP) is 3.89. The summed E-state index contributed by atoms with van der Waals surface area (Å²) in [6.07, 6.45) is 4.54. The Morgan fingerprint density at radius 1 is 1.13 bits per heavy atom. The van der Waals surface area contributed by atoms with Crippen molar-refractivity contribution in [3.8, 4) is 11.5 Å². The molecule has 158 valence electrons. The van der Waals surface area contributed by atoms with Crippen LogP contribution in [0.15, 0.2) is 42.6 Å². The smallest absolute Gasteiger partial charge is 0.249 e. The zero-order valence-electron chi connectivity index (χ0n) is 17.7. The van der Waals surface area contributed by atoms with Gasteiger partial charge in [-0.1, -0.05) is 18.2 Å². The van der Waals surface area contributed by atoms with Crippen LogP contribution in [0.25, 0.3) is 10.9 Å². The van der Waals surface area contributed by atoms with Gasteiger partial charge in [0.1, 0.15) is 6.61 Å². The minimum Gasteiger partial charge on any atom is -0.493 e. The molecule has 0 aliphatic carbocycles. The minimum atomic E-state index is -0.0372. The molecule has 1 atom stereocenters. The summed E-state index contributed by atoms with van der Waals surface area (Å²) in [5.41, 5.74) is 4.73. The summed E-state index contributed by atoms with van der Waals surface area (Å²) in [5.74, 6) is 1.43. The van der Waals surface area contributed by atoms with Gasteiger partial charge in [-0.05, 0) is 54.2 Å². The van der Waals surface area contributed by atoms with E-state index < -0.39 is 0 Å². The van der Waals surface area contributed by atoms with Crippen molar-refractivity contribution in [3.63, 3.8) is 0 Å². The number of para-hydroxylation sites is 1. The average Bonchev–Trinajstić information content (AvgIpc) is 3.19. The van der Waals surface area contributed by atoms with Gasteiger partial charge in [0.25, 0.3) is 0 Å². The van der Waals surface area contributed by atoms with Crippen LogP contribution < -0.4 is 9.47 Å². The number of H-pyrrole nitrogens is 1. The summed E-state index contributed by atoms with van der Waals surface area (Å²) >= 11 is 0. The third kappa shape index (κ3) is 3.75. The lowest BCUT2D eigenvalue weighted by Crippen LogP contribution is -2.42. The lowest BCUT2D eigenvalue weighted by atomic mass is 9.88. The zero-order valence-corrected chi connectivity index (χ0v) is 17.7. The summed E-state index contributed by atoms with van der Waals surface area (Å²) in [5, 5.41) is 1.23. The molecule has 1 aliphatic heterocycles. The number of rotatable bonds is 7. The number of amides is 1. The van der Waals surface area contributed by atoms with Crippen molar-refractivity contribution in [2.75, 3.05) is 34.5 Å². The fraction of sp³-hybridized carbons (Fsp3) is 0.375. The Kier molecular flexibility index (Phi) is 5.95. The molecule has 0 saturated heterocycles. The molecular formula is C24H28N2O4. The first-order valence-electron chi connectivity index (χ1n) is 10.2. The second-order valence-corrected chi connectivity index (χ2v) is 7.59. The normalized spacial score (nSPS) is 15.8. The van der Waals surface area contributed by atoms with Crippen molar-refractivity contribution < 1.29 is 19.0 Å². The molecule has 4 rings (SSSR count). The van der Waals surface area contributed by atoms with Crippen molar-refractivity contribution >= 4 is 16.8 Å². The lowest BCUT2D eigenvalue weighted by Gasteiger charge is -2.38. The molecule has 6 nitrogen and oxygen atoms in total. The zero-order chi connectivity index (χ0) is 21.1. The van der Waals surface area contributed by atoms with Gasteiger partial charge in [0.05, 0.1) is 20.3 Å². The maximum atomic E-state index is 12.8. The highest BCUT2D eigenvalue weighted by Gasteiger charge is 2.32. The van der Waals surface area contributed by atoms with Crippen LogP contribution in [0.1, 0.15) is 29.2 Å². The molecule has 3 aromatic rings. The van der Waals surface area contributed by atoms with E-state index >= 15 is 0 Å². The maximum Gasteiger partial charge on any atom is 0.249 e. The van der Waals surface area contributed by atoms with Crippen molar-refractivity contribution in [1.29, 1.82) is 0 Å². The van der Waals surface area contributed by atoms with E-state index in [0.717, 1.165) is 36.1 Å². The van der Waals surface area contributed by atoms with Crippen molar-refractivity contribution in [2.24, 2.45) is 0 Å². The highest BCUT2D eigenvalue weighted by Crippen LogP contribution is 2.40. The molecule has 0 fully saturated rings. The third-order valence-electron chi connectivity index (χ3n) is 5.95. The number of methoxy groups -OCH3 is 3. The van der Waals surface area contributed by atoms with Gasteiger partial charge >= 0.3 is 0 Å². The number of ether oxygens (including phenoxy) is 3. The molecule has 6 heteroatoms. The van der Waals surface area contributed by atoms with Gasteiger partial charge in [0.2, 0.25) is 5.91 Å². The second kappa shape index (κ2) is 8.79. The first-order valence-corrected chi connectivity index (χ1v) is 10.2. The van der Waals surface area contributed by atoms with Gasteiger partial charge in [0.15, 0.2) is 11.5 Å². The number of aromatic nitrogens is 1. The predicted molar refractivity (Wildman–Crippen MR) is 116 cm³/mol. The topological polar surface area (TPSA) is 63.8 Å². The Labute approximate surface area is 176 Å². The number of nitrogens with one attached hydrogen (secondary N) is 1. The lowest BCUT2D eigenvalue weighted by molar-refractivity contribution is -0.138. The van der Waals surface area contributed by atoms with Gasteiger partial charge in [-0.2, -0.15) is 0 Å². The number of aryl methyl sites for hydroxylation is 1. The number of aromatic amines is 1. The first kappa shape index (κ1) is 20.3. The molecule has 0 spiro atoms. The molecule has 2 aromatic carbocycles. The Morgan fingerprint density at radius 3 is 2.67 bits per heavy atom. The van der Waals surface area contributed by atoms with Gasteiger partial charge in [0, 0.05) is 30.8 Å². The van der Waals surface area contributed by atoms with Crippen LogP contribution in [0, 0.1) is 0 Å². The molecule has 1 aromatic heterocycles. The Morgan fingerprint density at radius 2 is 1.90 bits per heavy atom. The minimum absolute atomic E-state index is 0.0156. The molecule has 1 amide bonds. The molecular weight excluding hydrogens is 380 g/mol.